The van der Waals surface area contributed by atoms with Crippen LogP contribution >= 0.6 is 0 Å². The molecule has 1 aliphatic heterocycles. The van der Waals surface area contributed by atoms with E-state index in [0.29, 0.717) is 26.2 Å². The Morgan fingerprint density at radius 2 is 1.91 bits per heavy atom. The van der Waals surface area contributed by atoms with Gasteiger partial charge in [-0.25, -0.2) is 0 Å². The van der Waals surface area contributed by atoms with Gasteiger partial charge in [-0.2, -0.15) is 0 Å². The van der Waals surface area contributed by atoms with Gasteiger partial charge in [0.05, 0.1) is 12.3 Å². The predicted octanol–water partition coefficient (Wildman–Crippen LogP) is 1.70. The fraction of sp³-hybridized carbons (Fsp3) is 0.542. The number of para-hydroxylation sites is 1. The lowest BCUT2D eigenvalue weighted by Gasteiger charge is -2.41. The van der Waals surface area contributed by atoms with Crippen molar-refractivity contribution in [3.63, 3.8) is 0 Å². The SMILES string of the molecule is COCC(=O)N1CCN(C(=O)Cc2c[nH]c3ccccc23)CCNC(=O)C2CCCCC21. The van der Waals surface area contributed by atoms with Crippen molar-refractivity contribution >= 4 is 28.6 Å². The van der Waals surface area contributed by atoms with E-state index in [1.54, 1.807) is 9.80 Å². The van der Waals surface area contributed by atoms with E-state index in [1.165, 1.54) is 7.11 Å². The standard InChI is InChI=1S/C24H32N4O4/c1-32-16-23(30)28-13-12-27(11-10-25-24(31)19-7-3-5-9-21(19)28)22(29)14-17-15-26-20-8-4-2-6-18(17)20/h2,4,6,8,15,19,21,26H,3,5,7,9-14,16H2,1H3,(H,25,31). The lowest BCUT2D eigenvalue weighted by Crippen LogP contribution is -2.56. The molecule has 0 spiro atoms. The monoisotopic (exact) mass is 440 g/mol. The Balaban J connectivity index is 1.52. The summed E-state index contributed by atoms with van der Waals surface area (Å²) in [6, 6.07) is 7.77. The van der Waals surface area contributed by atoms with E-state index < -0.39 is 0 Å². The summed E-state index contributed by atoms with van der Waals surface area (Å²) in [6.45, 7) is 1.68. The van der Waals surface area contributed by atoms with Crippen molar-refractivity contribution in [2.45, 2.75) is 38.1 Å². The van der Waals surface area contributed by atoms with Gasteiger partial charge >= 0.3 is 0 Å². The van der Waals surface area contributed by atoms with Crippen molar-refractivity contribution < 1.29 is 19.1 Å². The van der Waals surface area contributed by atoms with Gasteiger partial charge in [-0.05, 0) is 24.5 Å². The van der Waals surface area contributed by atoms with Gasteiger partial charge in [-0.15, -0.1) is 0 Å². The molecule has 2 unspecified atom stereocenters. The van der Waals surface area contributed by atoms with Crippen LogP contribution in [0.25, 0.3) is 10.9 Å². The minimum absolute atomic E-state index is 0.0103. The Morgan fingerprint density at radius 3 is 2.75 bits per heavy atom. The molecule has 0 bridgehead atoms. The Labute approximate surface area is 188 Å². The number of carbonyl (C=O) groups excluding carboxylic acids is 3. The molecule has 2 aromatic rings. The highest BCUT2D eigenvalue weighted by atomic mass is 16.5. The molecule has 8 heteroatoms. The summed E-state index contributed by atoms with van der Waals surface area (Å²) in [4.78, 5) is 45.7. The van der Waals surface area contributed by atoms with Crippen LogP contribution < -0.4 is 5.32 Å². The molecule has 1 aliphatic carbocycles. The number of aromatic amines is 1. The molecule has 4 rings (SSSR count). The lowest BCUT2D eigenvalue weighted by molar-refractivity contribution is -0.144. The zero-order chi connectivity index (χ0) is 22.5. The van der Waals surface area contributed by atoms with Gasteiger partial charge in [0.25, 0.3) is 0 Å². The van der Waals surface area contributed by atoms with E-state index in [9.17, 15) is 14.4 Å². The molecule has 172 valence electrons. The minimum Gasteiger partial charge on any atom is -0.375 e. The molecule has 2 N–H and O–H groups in total. The molecule has 2 fully saturated rings. The highest BCUT2D eigenvalue weighted by molar-refractivity contribution is 5.89. The van der Waals surface area contributed by atoms with Crippen molar-refractivity contribution in [2.75, 3.05) is 39.9 Å². The smallest absolute Gasteiger partial charge is 0.248 e. The van der Waals surface area contributed by atoms with E-state index in [4.69, 9.17) is 4.74 Å². The Hall–Kier alpha value is -2.87. The summed E-state index contributed by atoms with van der Waals surface area (Å²) in [7, 11) is 1.50. The molecule has 2 heterocycles. The Morgan fingerprint density at radius 1 is 1.09 bits per heavy atom. The number of benzene rings is 1. The van der Waals surface area contributed by atoms with Crippen molar-refractivity contribution in [2.24, 2.45) is 5.92 Å². The summed E-state index contributed by atoms with van der Waals surface area (Å²) < 4.78 is 5.10. The number of nitrogens with zero attached hydrogens (tertiary/aromatic N) is 2. The number of hydrogen-bond donors (Lipinski definition) is 2. The van der Waals surface area contributed by atoms with Gasteiger partial charge in [-0.3, -0.25) is 14.4 Å². The summed E-state index contributed by atoms with van der Waals surface area (Å²) >= 11 is 0. The number of H-pyrrole nitrogens is 1. The number of aromatic nitrogens is 1. The molecule has 2 atom stereocenters. The minimum atomic E-state index is -0.196. The van der Waals surface area contributed by atoms with Crippen LogP contribution in [0.15, 0.2) is 30.5 Å². The zero-order valence-electron chi connectivity index (χ0n) is 18.6. The first-order valence-electron chi connectivity index (χ1n) is 11.5. The van der Waals surface area contributed by atoms with Crippen molar-refractivity contribution in [1.82, 2.24) is 20.1 Å². The highest BCUT2D eigenvalue weighted by Gasteiger charge is 2.37. The van der Waals surface area contributed by atoms with Gasteiger partial charge in [0.1, 0.15) is 6.61 Å². The Bertz CT molecular complexity index is 972. The number of methoxy groups -OCH3 is 1. The number of nitrogens with one attached hydrogen (secondary N) is 2. The van der Waals surface area contributed by atoms with E-state index >= 15 is 0 Å². The van der Waals surface area contributed by atoms with Crippen LogP contribution in [0.3, 0.4) is 0 Å². The molecule has 0 radical (unpaired) electrons. The highest BCUT2D eigenvalue weighted by Crippen LogP contribution is 2.29. The topological polar surface area (TPSA) is 94.7 Å². The molecule has 1 saturated carbocycles. The second kappa shape index (κ2) is 10.2. The summed E-state index contributed by atoms with van der Waals surface area (Å²) in [5.41, 5.74) is 1.95. The third-order valence-electron chi connectivity index (χ3n) is 6.72. The van der Waals surface area contributed by atoms with Crippen LogP contribution in [0.2, 0.25) is 0 Å². The van der Waals surface area contributed by atoms with Crippen LogP contribution in [0, 0.1) is 5.92 Å². The number of amides is 3. The van der Waals surface area contributed by atoms with E-state index in [2.05, 4.69) is 10.3 Å². The molecule has 2 aliphatic rings. The third-order valence-corrected chi connectivity index (χ3v) is 6.72. The first-order valence-corrected chi connectivity index (χ1v) is 11.5. The van der Waals surface area contributed by atoms with Crippen molar-refractivity contribution in [1.29, 1.82) is 0 Å². The van der Waals surface area contributed by atoms with Gasteiger partial charge in [0.2, 0.25) is 17.7 Å². The number of ether oxygens (including phenoxy) is 1. The maximum Gasteiger partial charge on any atom is 0.248 e. The van der Waals surface area contributed by atoms with Crippen molar-refractivity contribution in [3.8, 4) is 0 Å². The van der Waals surface area contributed by atoms with Crippen LogP contribution in [-0.2, 0) is 25.5 Å². The maximum absolute atomic E-state index is 13.2. The van der Waals surface area contributed by atoms with Gasteiger partial charge in [0.15, 0.2) is 0 Å². The van der Waals surface area contributed by atoms with Crippen LogP contribution in [0.1, 0.15) is 31.2 Å². The third kappa shape index (κ3) is 4.80. The molecule has 1 aromatic heterocycles. The van der Waals surface area contributed by atoms with Crippen LogP contribution in [0.5, 0.6) is 0 Å². The molecule has 8 nitrogen and oxygen atoms in total. The molecule has 1 aromatic carbocycles. The van der Waals surface area contributed by atoms with Crippen LogP contribution in [-0.4, -0.2) is 78.4 Å². The molecular weight excluding hydrogens is 408 g/mol. The zero-order valence-corrected chi connectivity index (χ0v) is 18.6. The molecular formula is C24H32N4O4. The number of fused-ring (bicyclic) bond motifs is 2. The van der Waals surface area contributed by atoms with Gasteiger partial charge < -0.3 is 24.8 Å². The summed E-state index contributed by atoms with van der Waals surface area (Å²) in [6.07, 6.45) is 5.74. The maximum atomic E-state index is 13.2. The molecule has 32 heavy (non-hydrogen) atoms. The van der Waals surface area contributed by atoms with E-state index in [1.807, 2.05) is 30.5 Å². The second-order valence-electron chi connectivity index (χ2n) is 8.69. The first kappa shape index (κ1) is 22.3. The average molecular weight is 441 g/mol. The van der Waals surface area contributed by atoms with E-state index in [0.717, 1.165) is 42.1 Å². The van der Waals surface area contributed by atoms with Crippen LogP contribution in [0.4, 0.5) is 0 Å². The van der Waals surface area contributed by atoms with Gasteiger partial charge in [0, 0.05) is 56.4 Å². The average Bonchev–Trinajstić information content (AvgIpc) is 3.21. The van der Waals surface area contributed by atoms with Gasteiger partial charge in [-0.1, -0.05) is 31.0 Å². The largest absolute Gasteiger partial charge is 0.375 e. The normalized spacial score (nSPS) is 22.3. The Kier molecular flexibility index (Phi) is 7.09. The first-order chi connectivity index (χ1) is 15.6. The number of hydrogen-bond acceptors (Lipinski definition) is 4. The summed E-state index contributed by atoms with van der Waals surface area (Å²) in [5, 5.41) is 4.05. The number of rotatable bonds is 4. The predicted molar refractivity (Wildman–Crippen MR) is 121 cm³/mol. The quantitative estimate of drug-likeness (QED) is 0.757. The van der Waals surface area contributed by atoms with E-state index in [-0.39, 0.29) is 42.7 Å². The fourth-order valence-electron chi connectivity index (χ4n) is 5.06. The summed E-state index contributed by atoms with van der Waals surface area (Å²) in [5.74, 6) is -0.348. The van der Waals surface area contributed by atoms with Crippen molar-refractivity contribution in [3.05, 3.63) is 36.0 Å². The molecule has 1 saturated heterocycles. The number of carbonyl (C=O) groups is 3. The second-order valence-corrected chi connectivity index (χ2v) is 8.69. The fourth-order valence-corrected chi connectivity index (χ4v) is 5.06. The lowest BCUT2D eigenvalue weighted by atomic mass is 9.82. The molecule has 3 amide bonds.